The lowest BCUT2D eigenvalue weighted by atomic mass is 10.1. The van der Waals surface area contributed by atoms with Crippen molar-refractivity contribution in [3.63, 3.8) is 0 Å². The van der Waals surface area contributed by atoms with Gasteiger partial charge in [-0.15, -0.1) is 0 Å². The number of pyridine rings is 2. The molecule has 0 aliphatic rings. The van der Waals surface area contributed by atoms with Crippen LogP contribution in [0.25, 0.3) is 33.5 Å². The molecule has 31 heavy (non-hydrogen) atoms. The maximum Gasteiger partial charge on any atom is 0.159 e. The molecule has 3 aromatic heterocycles. The number of halogens is 2. The SMILES string of the molecule is Cc1cccc(-c2[nH]c(Cc3ccc(F)c(F)c3)nc2-c2ccc3ncccc3c2)n1. The Morgan fingerprint density at radius 1 is 0.871 bits per heavy atom. The van der Waals surface area contributed by atoms with Crippen LogP contribution < -0.4 is 0 Å². The number of benzene rings is 2. The third-order valence-corrected chi connectivity index (χ3v) is 5.13. The Morgan fingerprint density at radius 3 is 2.61 bits per heavy atom. The van der Waals surface area contributed by atoms with Crippen LogP contribution in [0.15, 0.2) is 72.9 Å². The Hall–Kier alpha value is -3.93. The van der Waals surface area contributed by atoms with Crippen molar-refractivity contribution in [2.45, 2.75) is 13.3 Å². The van der Waals surface area contributed by atoms with Gasteiger partial charge in [0.15, 0.2) is 11.6 Å². The van der Waals surface area contributed by atoms with Crippen molar-refractivity contribution >= 4 is 10.9 Å². The minimum Gasteiger partial charge on any atom is -0.340 e. The average Bonchev–Trinajstić information content (AvgIpc) is 3.20. The van der Waals surface area contributed by atoms with Crippen LogP contribution in [0.2, 0.25) is 0 Å². The molecule has 1 N–H and O–H groups in total. The van der Waals surface area contributed by atoms with Gasteiger partial charge in [0, 0.05) is 29.3 Å². The van der Waals surface area contributed by atoms with Crippen LogP contribution in [0.5, 0.6) is 0 Å². The first-order valence-corrected chi connectivity index (χ1v) is 9.89. The number of fused-ring (bicyclic) bond motifs is 1. The van der Waals surface area contributed by atoms with Gasteiger partial charge in [-0.1, -0.05) is 24.3 Å². The molecule has 0 amide bonds. The van der Waals surface area contributed by atoms with Crippen LogP contribution in [0.1, 0.15) is 17.1 Å². The van der Waals surface area contributed by atoms with Crippen molar-refractivity contribution < 1.29 is 8.78 Å². The second kappa shape index (κ2) is 7.72. The molecular formula is C25H18F2N4. The zero-order valence-corrected chi connectivity index (χ0v) is 16.7. The summed E-state index contributed by atoms with van der Waals surface area (Å²) in [5.41, 5.74) is 5.65. The summed E-state index contributed by atoms with van der Waals surface area (Å²) in [6.45, 7) is 1.93. The first-order valence-electron chi connectivity index (χ1n) is 9.89. The van der Waals surface area contributed by atoms with Gasteiger partial charge in [0.1, 0.15) is 5.82 Å². The fourth-order valence-electron chi connectivity index (χ4n) is 3.65. The number of aryl methyl sites for hydroxylation is 1. The number of rotatable bonds is 4. The normalized spacial score (nSPS) is 11.2. The minimum atomic E-state index is -0.869. The van der Waals surface area contributed by atoms with Crippen LogP contribution in [0, 0.1) is 18.6 Å². The topological polar surface area (TPSA) is 54.5 Å². The average molecular weight is 412 g/mol. The summed E-state index contributed by atoms with van der Waals surface area (Å²) in [6, 6.07) is 19.6. The van der Waals surface area contributed by atoms with E-state index in [0.29, 0.717) is 17.8 Å². The smallest absolute Gasteiger partial charge is 0.159 e. The number of aromatic amines is 1. The van der Waals surface area contributed by atoms with E-state index in [0.717, 1.165) is 45.3 Å². The summed E-state index contributed by atoms with van der Waals surface area (Å²) < 4.78 is 27.0. The summed E-state index contributed by atoms with van der Waals surface area (Å²) in [5.74, 6) is -1.09. The highest BCUT2D eigenvalue weighted by Crippen LogP contribution is 2.31. The van der Waals surface area contributed by atoms with Crippen LogP contribution in [-0.4, -0.2) is 19.9 Å². The largest absolute Gasteiger partial charge is 0.340 e. The second-order valence-corrected chi connectivity index (χ2v) is 7.41. The molecule has 0 radical (unpaired) electrons. The number of hydrogen-bond acceptors (Lipinski definition) is 3. The van der Waals surface area contributed by atoms with Gasteiger partial charge >= 0.3 is 0 Å². The molecule has 5 aromatic rings. The van der Waals surface area contributed by atoms with Gasteiger partial charge in [0.25, 0.3) is 0 Å². The van der Waals surface area contributed by atoms with Gasteiger partial charge in [-0.05, 0) is 55.0 Å². The van der Waals surface area contributed by atoms with Crippen LogP contribution in [-0.2, 0) is 6.42 Å². The highest BCUT2D eigenvalue weighted by molar-refractivity contribution is 5.86. The summed E-state index contributed by atoms with van der Waals surface area (Å²) >= 11 is 0. The molecule has 0 unspecified atom stereocenters. The minimum absolute atomic E-state index is 0.338. The Balaban J connectivity index is 1.63. The summed E-state index contributed by atoms with van der Waals surface area (Å²) in [5, 5.41) is 1.01. The van der Waals surface area contributed by atoms with Gasteiger partial charge in [0.2, 0.25) is 0 Å². The van der Waals surface area contributed by atoms with Crippen molar-refractivity contribution in [2.75, 3.05) is 0 Å². The van der Waals surface area contributed by atoms with E-state index in [-0.39, 0.29) is 0 Å². The molecule has 0 fully saturated rings. The third-order valence-electron chi connectivity index (χ3n) is 5.13. The molecule has 6 heteroatoms. The monoisotopic (exact) mass is 412 g/mol. The van der Waals surface area contributed by atoms with Crippen molar-refractivity contribution in [2.24, 2.45) is 0 Å². The highest BCUT2D eigenvalue weighted by atomic mass is 19.2. The fourth-order valence-corrected chi connectivity index (χ4v) is 3.65. The molecule has 2 aromatic carbocycles. The summed E-state index contributed by atoms with van der Waals surface area (Å²) in [7, 11) is 0. The Morgan fingerprint density at radius 2 is 1.77 bits per heavy atom. The van der Waals surface area contributed by atoms with Crippen LogP contribution >= 0.6 is 0 Å². The van der Waals surface area contributed by atoms with E-state index >= 15 is 0 Å². The van der Waals surface area contributed by atoms with Gasteiger partial charge < -0.3 is 4.98 Å². The summed E-state index contributed by atoms with van der Waals surface area (Å²) in [6.07, 6.45) is 2.10. The molecule has 0 aliphatic carbocycles. The zero-order chi connectivity index (χ0) is 21.4. The zero-order valence-electron chi connectivity index (χ0n) is 16.7. The highest BCUT2D eigenvalue weighted by Gasteiger charge is 2.17. The third kappa shape index (κ3) is 3.80. The maximum atomic E-state index is 13.7. The van der Waals surface area contributed by atoms with E-state index < -0.39 is 11.6 Å². The fraction of sp³-hybridized carbons (Fsp3) is 0.0800. The van der Waals surface area contributed by atoms with Crippen molar-refractivity contribution in [3.8, 4) is 22.6 Å². The van der Waals surface area contributed by atoms with E-state index in [1.807, 2.05) is 55.5 Å². The Labute approximate surface area is 177 Å². The Kier molecular flexibility index (Phi) is 4.75. The van der Waals surface area contributed by atoms with E-state index in [9.17, 15) is 8.78 Å². The first kappa shape index (κ1) is 19.1. The van der Waals surface area contributed by atoms with Crippen LogP contribution in [0.4, 0.5) is 8.78 Å². The molecule has 0 spiro atoms. The summed E-state index contributed by atoms with van der Waals surface area (Å²) in [4.78, 5) is 17.2. The molecule has 0 saturated carbocycles. The lowest BCUT2D eigenvalue weighted by Crippen LogP contribution is -1.94. The van der Waals surface area contributed by atoms with E-state index in [4.69, 9.17) is 4.98 Å². The molecule has 0 saturated heterocycles. The lowest BCUT2D eigenvalue weighted by molar-refractivity contribution is 0.507. The maximum absolute atomic E-state index is 13.7. The molecular weight excluding hydrogens is 394 g/mol. The first-order chi connectivity index (χ1) is 15.1. The number of H-pyrrole nitrogens is 1. The van der Waals surface area contributed by atoms with Crippen molar-refractivity contribution in [3.05, 3.63) is 102 Å². The number of imidazole rings is 1. The van der Waals surface area contributed by atoms with Gasteiger partial charge in [-0.3, -0.25) is 9.97 Å². The molecule has 3 heterocycles. The second-order valence-electron chi connectivity index (χ2n) is 7.41. The Bertz CT molecular complexity index is 1410. The molecule has 4 nitrogen and oxygen atoms in total. The molecule has 152 valence electrons. The predicted molar refractivity (Wildman–Crippen MR) is 116 cm³/mol. The van der Waals surface area contributed by atoms with Gasteiger partial charge in [-0.25, -0.2) is 13.8 Å². The van der Waals surface area contributed by atoms with E-state index in [1.165, 1.54) is 6.07 Å². The molecule has 0 aliphatic heterocycles. The standard InChI is InChI=1S/C25H18F2N4/c1-15-4-2-6-22(29-15)25-24(18-8-10-21-17(14-18)5-3-11-28-21)30-23(31-25)13-16-7-9-19(26)20(27)12-16/h2-12,14H,13H2,1H3,(H,30,31). The van der Waals surface area contributed by atoms with Crippen molar-refractivity contribution in [1.82, 2.24) is 19.9 Å². The number of nitrogens with zero attached hydrogens (tertiary/aromatic N) is 3. The predicted octanol–water partition coefficient (Wildman–Crippen LogP) is 5.86. The number of hydrogen-bond donors (Lipinski definition) is 1. The molecule has 5 rings (SSSR count). The van der Waals surface area contributed by atoms with Gasteiger partial charge in [-0.2, -0.15) is 0 Å². The lowest BCUT2D eigenvalue weighted by Gasteiger charge is -2.05. The van der Waals surface area contributed by atoms with Gasteiger partial charge in [0.05, 0.1) is 22.6 Å². The van der Waals surface area contributed by atoms with E-state index in [1.54, 1.807) is 12.3 Å². The molecule has 0 bridgehead atoms. The van der Waals surface area contributed by atoms with Crippen LogP contribution in [0.3, 0.4) is 0 Å². The van der Waals surface area contributed by atoms with E-state index in [2.05, 4.69) is 15.0 Å². The number of aromatic nitrogens is 4. The van der Waals surface area contributed by atoms with Crippen molar-refractivity contribution in [1.29, 1.82) is 0 Å². The molecule has 0 atom stereocenters. The quantitative estimate of drug-likeness (QED) is 0.402. The number of nitrogens with one attached hydrogen (secondary N) is 1.